The van der Waals surface area contributed by atoms with Crippen molar-refractivity contribution in [1.29, 1.82) is 0 Å². The van der Waals surface area contributed by atoms with Gasteiger partial charge in [0.25, 0.3) is 0 Å². The predicted molar refractivity (Wildman–Crippen MR) is 83.2 cm³/mol. The molecule has 1 aliphatic rings. The van der Waals surface area contributed by atoms with Crippen LogP contribution in [-0.2, 0) is 4.79 Å². The van der Waals surface area contributed by atoms with Gasteiger partial charge in [-0.05, 0) is 38.5 Å². The van der Waals surface area contributed by atoms with Crippen LogP contribution in [0.2, 0.25) is 0 Å². The Labute approximate surface area is 128 Å². The fourth-order valence-corrected chi connectivity index (χ4v) is 2.99. The van der Waals surface area contributed by atoms with Crippen LogP contribution in [0, 0.1) is 11.8 Å². The van der Waals surface area contributed by atoms with Gasteiger partial charge in [-0.1, -0.05) is 26.2 Å². The molecule has 1 saturated carbocycles. The Morgan fingerprint density at radius 2 is 1.76 bits per heavy atom. The largest absolute Gasteiger partial charge is 0.481 e. The maximum Gasteiger partial charge on any atom is 0.317 e. The number of carboxylic acid groups (broad SMARTS) is 1. The number of aliphatic carboxylic acids is 1. The van der Waals surface area contributed by atoms with Crippen LogP contribution < -0.4 is 5.32 Å². The molecule has 5 nitrogen and oxygen atoms in total. The number of hydrogen-bond donors (Lipinski definition) is 2. The zero-order valence-electron chi connectivity index (χ0n) is 13.6. The monoisotopic (exact) mass is 298 g/mol. The van der Waals surface area contributed by atoms with E-state index in [2.05, 4.69) is 12.2 Å². The lowest BCUT2D eigenvalue weighted by Crippen LogP contribution is -2.46. The minimum atomic E-state index is -0.869. The van der Waals surface area contributed by atoms with Gasteiger partial charge < -0.3 is 15.3 Å². The van der Waals surface area contributed by atoms with Crippen molar-refractivity contribution in [3.05, 3.63) is 0 Å². The van der Waals surface area contributed by atoms with Crippen molar-refractivity contribution in [2.24, 2.45) is 11.8 Å². The summed E-state index contributed by atoms with van der Waals surface area (Å²) in [5.74, 6) is 0.566. The molecule has 0 aromatic rings. The van der Waals surface area contributed by atoms with Gasteiger partial charge in [0.15, 0.2) is 0 Å². The molecule has 1 aliphatic carbocycles. The minimum absolute atomic E-state index is 0.00674. The Balaban J connectivity index is 2.34. The van der Waals surface area contributed by atoms with Crippen LogP contribution in [0.15, 0.2) is 0 Å². The lowest BCUT2D eigenvalue weighted by molar-refractivity contribution is -0.137. The van der Waals surface area contributed by atoms with Crippen molar-refractivity contribution in [2.45, 2.75) is 65.3 Å². The lowest BCUT2D eigenvalue weighted by atomic mass is 9.81. The topological polar surface area (TPSA) is 69.6 Å². The van der Waals surface area contributed by atoms with Crippen LogP contribution in [0.4, 0.5) is 4.79 Å². The molecule has 0 atom stereocenters. The van der Waals surface area contributed by atoms with Gasteiger partial charge in [-0.3, -0.25) is 4.79 Å². The van der Waals surface area contributed by atoms with E-state index in [0.717, 1.165) is 5.92 Å². The van der Waals surface area contributed by atoms with Gasteiger partial charge in [0.1, 0.15) is 0 Å². The number of rotatable bonds is 7. The third-order valence-corrected chi connectivity index (χ3v) is 4.54. The van der Waals surface area contributed by atoms with Crippen LogP contribution in [0.5, 0.6) is 0 Å². The van der Waals surface area contributed by atoms with Gasteiger partial charge in [-0.15, -0.1) is 0 Å². The third-order valence-electron chi connectivity index (χ3n) is 4.54. The zero-order chi connectivity index (χ0) is 15.8. The van der Waals surface area contributed by atoms with Crippen LogP contribution >= 0.6 is 0 Å². The first kappa shape index (κ1) is 17.8. The smallest absolute Gasteiger partial charge is 0.317 e. The molecule has 5 heteroatoms. The predicted octanol–water partition coefficient (Wildman–Crippen LogP) is 3.10. The highest BCUT2D eigenvalue weighted by atomic mass is 16.4. The van der Waals surface area contributed by atoms with E-state index >= 15 is 0 Å². The van der Waals surface area contributed by atoms with Gasteiger partial charge in [-0.25, -0.2) is 4.79 Å². The number of hydrogen-bond acceptors (Lipinski definition) is 2. The second-order valence-corrected chi connectivity index (χ2v) is 6.41. The van der Waals surface area contributed by atoms with Gasteiger partial charge in [0.05, 0.1) is 6.42 Å². The summed E-state index contributed by atoms with van der Waals surface area (Å²) in [7, 11) is 0. The molecule has 0 heterocycles. The Bertz CT molecular complexity index is 336. The highest BCUT2D eigenvalue weighted by Crippen LogP contribution is 2.30. The fraction of sp³-hybridized carbons (Fsp3) is 0.875. The normalized spacial score (nSPS) is 22.1. The molecule has 0 radical (unpaired) electrons. The van der Waals surface area contributed by atoms with E-state index in [1.165, 1.54) is 32.1 Å². The molecule has 2 N–H and O–H groups in total. The van der Waals surface area contributed by atoms with E-state index in [-0.39, 0.29) is 25.0 Å². The molecule has 0 bridgehead atoms. The summed E-state index contributed by atoms with van der Waals surface area (Å²) in [6, 6.07) is -0.121. The number of nitrogens with zero attached hydrogens (tertiary/aromatic N) is 1. The highest BCUT2D eigenvalue weighted by Gasteiger charge is 2.22. The fourth-order valence-electron chi connectivity index (χ4n) is 2.99. The number of urea groups is 1. The van der Waals surface area contributed by atoms with Gasteiger partial charge in [0, 0.05) is 19.1 Å². The quantitative estimate of drug-likeness (QED) is 0.759. The molecular weight excluding hydrogens is 268 g/mol. The molecule has 1 fully saturated rings. The molecule has 0 aliphatic heterocycles. The average molecular weight is 298 g/mol. The standard InChI is InChI=1S/C16H30N2O3/c1-4-13-5-7-14(8-6-13)11-17-16(21)18(12(2)3)10-9-15(19)20/h12-14H,4-11H2,1-3H3,(H,17,21)(H,19,20). The Morgan fingerprint density at radius 3 is 2.24 bits per heavy atom. The Hall–Kier alpha value is -1.26. The highest BCUT2D eigenvalue weighted by molar-refractivity contribution is 5.75. The number of carboxylic acids is 1. The second kappa shape index (κ2) is 8.90. The van der Waals surface area contributed by atoms with Crippen LogP contribution in [0.1, 0.15) is 59.3 Å². The molecular formula is C16H30N2O3. The van der Waals surface area contributed by atoms with E-state index in [4.69, 9.17) is 5.11 Å². The Kier molecular flexibility index (Phi) is 7.54. The van der Waals surface area contributed by atoms with E-state index in [0.29, 0.717) is 12.5 Å². The second-order valence-electron chi connectivity index (χ2n) is 6.41. The van der Waals surface area contributed by atoms with Crippen LogP contribution in [0.25, 0.3) is 0 Å². The van der Waals surface area contributed by atoms with E-state index < -0.39 is 5.97 Å². The summed E-state index contributed by atoms with van der Waals surface area (Å²) in [5.41, 5.74) is 0. The summed E-state index contributed by atoms with van der Waals surface area (Å²) < 4.78 is 0. The molecule has 0 aromatic carbocycles. The molecule has 0 spiro atoms. The molecule has 0 unspecified atom stereocenters. The van der Waals surface area contributed by atoms with Gasteiger partial charge in [-0.2, -0.15) is 0 Å². The van der Waals surface area contributed by atoms with Gasteiger partial charge >= 0.3 is 12.0 Å². The maximum absolute atomic E-state index is 12.2. The summed E-state index contributed by atoms with van der Waals surface area (Å²) >= 11 is 0. The number of nitrogens with one attached hydrogen (secondary N) is 1. The first-order valence-corrected chi connectivity index (χ1v) is 8.20. The van der Waals surface area contributed by atoms with Crippen LogP contribution in [0.3, 0.4) is 0 Å². The summed E-state index contributed by atoms with van der Waals surface area (Å²) in [5, 5.41) is 11.7. The SMILES string of the molecule is CCC1CCC(CNC(=O)N(CCC(=O)O)C(C)C)CC1. The molecule has 1 rings (SSSR count). The van der Waals surface area contributed by atoms with Crippen LogP contribution in [-0.4, -0.2) is 41.1 Å². The van der Waals surface area contributed by atoms with E-state index in [9.17, 15) is 9.59 Å². The zero-order valence-corrected chi connectivity index (χ0v) is 13.6. The van der Waals surface area contributed by atoms with Crippen molar-refractivity contribution < 1.29 is 14.7 Å². The molecule has 0 saturated heterocycles. The van der Waals surface area contributed by atoms with Crippen molar-refractivity contribution in [2.75, 3.05) is 13.1 Å². The third kappa shape index (κ3) is 6.36. The molecule has 2 amide bonds. The molecule has 122 valence electrons. The number of amides is 2. The van der Waals surface area contributed by atoms with E-state index in [1.807, 2.05) is 13.8 Å². The lowest BCUT2D eigenvalue weighted by Gasteiger charge is -2.30. The number of carbonyl (C=O) groups excluding carboxylic acids is 1. The summed E-state index contributed by atoms with van der Waals surface area (Å²) in [6.07, 6.45) is 6.17. The summed E-state index contributed by atoms with van der Waals surface area (Å²) in [6.45, 7) is 7.05. The summed E-state index contributed by atoms with van der Waals surface area (Å²) in [4.78, 5) is 24.4. The first-order valence-electron chi connectivity index (χ1n) is 8.20. The Morgan fingerprint density at radius 1 is 1.19 bits per heavy atom. The first-order chi connectivity index (χ1) is 9.93. The van der Waals surface area contributed by atoms with Crippen molar-refractivity contribution in [3.8, 4) is 0 Å². The van der Waals surface area contributed by atoms with Crippen molar-refractivity contribution in [3.63, 3.8) is 0 Å². The van der Waals surface area contributed by atoms with E-state index in [1.54, 1.807) is 4.90 Å². The average Bonchev–Trinajstić information content (AvgIpc) is 2.45. The minimum Gasteiger partial charge on any atom is -0.481 e. The molecule has 21 heavy (non-hydrogen) atoms. The van der Waals surface area contributed by atoms with Gasteiger partial charge in [0.2, 0.25) is 0 Å². The van der Waals surface area contributed by atoms with Crippen molar-refractivity contribution in [1.82, 2.24) is 10.2 Å². The molecule has 0 aromatic heterocycles. The number of carbonyl (C=O) groups is 2. The maximum atomic E-state index is 12.2. The van der Waals surface area contributed by atoms with Crippen molar-refractivity contribution >= 4 is 12.0 Å².